The molecule has 11 heteroatoms. The fraction of sp³-hybridized carbons (Fsp3) is 0.531. The maximum atomic E-state index is 14.1. The minimum absolute atomic E-state index is 0.0277. The van der Waals surface area contributed by atoms with Crippen LogP contribution in [0.1, 0.15) is 85.1 Å². The lowest BCUT2D eigenvalue weighted by molar-refractivity contribution is -0.151. The van der Waals surface area contributed by atoms with Crippen molar-refractivity contribution in [3.8, 4) is 16.5 Å². The summed E-state index contributed by atoms with van der Waals surface area (Å²) < 4.78 is 18.9. The van der Waals surface area contributed by atoms with Crippen LogP contribution in [0.2, 0.25) is 0 Å². The highest BCUT2D eigenvalue weighted by molar-refractivity contribution is 7.19. The van der Waals surface area contributed by atoms with Crippen molar-refractivity contribution in [1.82, 2.24) is 19.9 Å². The first kappa shape index (κ1) is 30.7. The normalized spacial score (nSPS) is 17.8. The summed E-state index contributed by atoms with van der Waals surface area (Å²) in [6, 6.07) is 9.48. The highest BCUT2D eigenvalue weighted by atomic mass is 32.1. The molecule has 0 spiro atoms. The quantitative estimate of drug-likeness (QED) is 0.341. The van der Waals surface area contributed by atoms with E-state index < -0.39 is 23.4 Å². The molecular formula is C32H40N4O6S. The Balaban J connectivity index is 1.66. The third-order valence-corrected chi connectivity index (χ3v) is 8.09. The van der Waals surface area contributed by atoms with Crippen molar-refractivity contribution in [1.29, 1.82) is 0 Å². The number of ether oxygens (including phenoxy) is 3. The molecule has 10 nitrogen and oxygen atoms in total. The zero-order valence-electron chi connectivity index (χ0n) is 25.7. The molecule has 0 radical (unpaired) electrons. The second-order valence-corrected chi connectivity index (χ2v) is 14.6. The summed E-state index contributed by atoms with van der Waals surface area (Å²) in [5.41, 5.74) is -0.641. The van der Waals surface area contributed by atoms with Crippen molar-refractivity contribution >= 4 is 28.2 Å². The molecule has 1 N–H and O–H groups in total. The Kier molecular flexibility index (Phi) is 8.65. The summed E-state index contributed by atoms with van der Waals surface area (Å²) in [6.07, 6.45) is 4.97. The summed E-state index contributed by atoms with van der Waals surface area (Å²) in [6.45, 7) is 11.8. The Labute approximate surface area is 255 Å². The van der Waals surface area contributed by atoms with Gasteiger partial charge in [0.25, 0.3) is 5.56 Å². The number of nitrogens with zero attached hydrogens (tertiary/aromatic N) is 3. The van der Waals surface area contributed by atoms with Crippen LogP contribution in [-0.2, 0) is 19.1 Å². The van der Waals surface area contributed by atoms with Gasteiger partial charge in [0.1, 0.15) is 22.1 Å². The Morgan fingerprint density at radius 1 is 1.00 bits per heavy atom. The Morgan fingerprint density at radius 2 is 1.65 bits per heavy atom. The van der Waals surface area contributed by atoms with Crippen molar-refractivity contribution in [2.45, 2.75) is 85.6 Å². The predicted octanol–water partition coefficient (Wildman–Crippen LogP) is 5.61. The number of nitrogens with one attached hydrogen (secondary N) is 1. The van der Waals surface area contributed by atoms with Crippen molar-refractivity contribution in [2.75, 3.05) is 13.2 Å². The van der Waals surface area contributed by atoms with Crippen molar-refractivity contribution in [3.63, 3.8) is 0 Å². The Hall–Kier alpha value is -3.73. The van der Waals surface area contributed by atoms with E-state index in [1.807, 2.05) is 71.9 Å². The first-order valence-corrected chi connectivity index (χ1v) is 15.6. The number of hydrogen-bond acceptors (Lipinski definition) is 10. The summed E-state index contributed by atoms with van der Waals surface area (Å²) in [7, 11) is 0. The third-order valence-electron chi connectivity index (χ3n) is 7.13. The van der Waals surface area contributed by atoms with Crippen LogP contribution >= 0.6 is 11.3 Å². The van der Waals surface area contributed by atoms with E-state index >= 15 is 0 Å². The van der Waals surface area contributed by atoms with Gasteiger partial charge in [0, 0.05) is 11.6 Å². The van der Waals surface area contributed by atoms with Crippen LogP contribution in [0, 0.1) is 10.8 Å². The van der Waals surface area contributed by atoms with Crippen molar-refractivity contribution < 1.29 is 23.8 Å². The molecule has 1 aliphatic carbocycles. The van der Waals surface area contributed by atoms with Gasteiger partial charge in [0.2, 0.25) is 16.7 Å². The summed E-state index contributed by atoms with van der Waals surface area (Å²) in [4.78, 5) is 46.8. The van der Waals surface area contributed by atoms with Crippen LogP contribution in [0.15, 0.2) is 46.6 Å². The van der Waals surface area contributed by atoms with E-state index in [9.17, 15) is 14.4 Å². The van der Waals surface area contributed by atoms with Gasteiger partial charge in [-0.05, 0) is 23.7 Å². The fourth-order valence-electron chi connectivity index (χ4n) is 5.00. The predicted molar refractivity (Wildman–Crippen MR) is 164 cm³/mol. The van der Waals surface area contributed by atoms with E-state index in [2.05, 4.69) is 15.4 Å². The lowest BCUT2D eigenvalue weighted by Gasteiger charge is -2.31. The monoisotopic (exact) mass is 608 g/mol. The van der Waals surface area contributed by atoms with Gasteiger partial charge in [-0.3, -0.25) is 9.59 Å². The van der Waals surface area contributed by atoms with Gasteiger partial charge < -0.3 is 19.5 Å². The van der Waals surface area contributed by atoms with Gasteiger partial charge in [-0.25, -0.2) is 4.79 Å². The van der Waals surface area contributed by atoms with Crippen LogP contribution < -0.4 is 15.6 Å². The maximum absolute atomic E-state index is 14.1. The number of benzene rings is 1. The topological polar surface area (TPSA) is 121 Å². The molecule has 0 bridgehead atoms. The maximum Gasteiger partial charge on any atom is 0.340 e. The van der Waals surface area contributed by atoms with E-state index in [0.29, 0.717) is 9.97 Å². The standard InChI is InChI=1S/C32H40N4O6S/c1-31(2,3)17-40-28(38)21-22-24(34-30-36(27(22)37)35-26(43-30)19-13-9-7-10-14-19)42-25(33-20-15-11-8-12-16-20)23(21)29(39)41-18-32(4,5)6/h7,9-10,13-14,20-21,33H,8,11-12,15-18H2,1-6H3. The summed E-state index contributed by atoms with van der Waals surface area (Å²) in [5, 5.41) is 8.48. The molecule has 5 rings (SSSR count). The average molecular weight is 609 g/mol. The molecule has 0 saturated heterocycles. The minimum Gasteiger partial charge on any atom is -0.464 e. The van der Waals surface area contributed by atoms with E-state index in [1.165, 1.54) is 11.3 Å². The van der Waals surface area contributed by atoms with Crippen LogP contribution in [0.5, 0.6) is 5.88 Å². The number of esters is 2. The highest BCUT2D eigenvalue weighted by Crippen LogP contribution is 2.39. The summed E-state index contributed by atoms with van der Waals surface area (Å²) >= 11 is 1.23. The molecule has 1 unspecified atom stereocenters. The van der Waals surface area contributed by atoms with Gasteiger partial charge in [0.15, 0.2) is 0 Å². The third kappa shape index (κ3) is 7.09. The van der Waals surface area contributed by atoms with Crippen LogP contribution in [-0.4, -0.2) is 45.8 Å². The molecule has 1 atom stereocenters. The largest absolute Gasteiger partial charge is 0.464 e. The molecule has 43 heavy (non-hydrogen) atoms. The SMILES string of the molecule is CC(C)(C)COC(=O)C1=C(NC2CCCCC2)Oc2nc3sc(-c4ccccc4)nn3c(=O)c2C1C(=O)OCC(C)(C)C. The number of aromatic nitrogens is 3. The number of carbonyl (C=O) groups excluding carboxylic acids is 2. The molecule has 3 heterocycles. The molecule has 1 fully saturated rings. The van der Waals surface area contributed by atoms with Crippen LogP contribution in [0.3, 0.4) is 0 Å². The fourth-order valence-corrected chi connectivity index (χ4v) is 5.89. The van der Waals surface area contributed by atoms with Gasteiger partial charge in [-0.2, -0.15) is 14.6 Å². The number of rotatable bonds is 7. The van der Waals surface area contributed by atoms with Crippen LogP contribution in [0.25, 0.3) is 15.5 Å². The minimum atomic E-state index is -1.41. The number of hydrogen-bond donors (Lipinski definition) is 1. The molecule has 2 aliphatic rings. The van der Waals surface area contributed by atoms with Crippen molar-refractivity contribution in [2.24, 2.45) is 10.8 Å². The van der Waals surface area contributed by atoms with Gasteiger partial charge in [0.05, 0.1) is 13.2 Å². The zero-order chi connectivity index (χ0) is 30.9. The Morgan fingerprint density at radius 3 is 2.30 bits per heavy atom. The van der Waals surface area contributed by atoms with E-state index in [4.69, 9.17) is 14.2 Å². The lowest BCUT2D eigenvalue weighted by Crippen LogP contribution is -2.42. The van der Waals surface area contributed by atoms with Crippen LogP contribution in [0.4, 0.5) is 0 Å². The molecule has 0 amide bonds. The van der Waals surface area contributed by atoms with Gasteiger partial charge in [-0.1, -0.05) is 102 Å². The molecule has 3 aromatic rings. The molecule has 1 aliphatic heterocycles. The smallest absolute Gasteiger partial charge is 0.340 e. The molecular weight excluding hydrogens is 568 g/mol. The van der Waals surface area contributed by atoms with E-state index in [1.54, 1.807) is 0 Å². The molecule has 1 saturated carbocycles. The first-order valence-electron chi connectivity index (χ1n) is 14.8. The summed E-state index contributed by atoms with van der Waals surface area (Å²) in [5.74, 6) is -2.87. The van der Waals surface area contributed by atoms with E-state index in [0.717, 1.165) is 42.2 Å². The van der Waals surface area contributed by atoms with E-state index in [-0.39, 0.29) is 53.0 Å². The molecule has 230 valence electrons. The highest BCUT2D eigenvalue weighted by Gasteiger charge is 2.45. The Bertz CT molecular complexity index is 1590. The number of carbonyl (C=O) groups is 2. The lowest BCUT2D eigenvalue weighted by atomic mass is 9.89. The second kappa shape index (κ2) is 12.1. The van der Waals surface area contributed by atoms with Crippen molar-refractivity contribution in [3.05, 3.63) is 57.7 Å². The van der Waals surface area contributed by atoms with Gasteiger partial charge in [-0.15, -0.1) is 0 Å². The second-order valence-electron chi connectivity index (χ2n) is 13.7. The zero-order valence-corrected chi connectivity index (χ0v) is 26.5. The first-order chi connectivity index (χ1) is 20.3. The molecule has 2 aromatic heterocycles. The molecule has 1 aromatic carbocycles. The number of fused-ring (bicyclic) bond motifs is 2. The average Bonchev–Trinajstić information content (AvgIpc) is 3.39. The van der Waals surface area contributed by atoms with Gasteiger partial charge >= 0.3 is 11.9 Å².